The molecule has 7 nitrogen and oxygen atoms in total. The summed E-state index contributed by atoms with van der Waals surface area (Å²) in [5.74, 6) is 0.390. The number of piperidine rings is 2. The van der Waals surface area contributed by atoms with E-state index < -0.39 is 0 Å². The summed E-state index contributed by atoms with van der Waals surface area (Å²) >= 11 is 0. The quantitative estimate of drug-likeness (QED) is 0.133. The molecule has 0 saturated carbocycles. The number of unbranched alkanes of at least 4 members (excludes halogenated alkanes) is 5. The van der Waals surface area contributed by atoms with Crippen molar-refractivity contribution in [2.75, 3.05) is 19.7 Å². The van der Waals surface area contributed by atoms with Crippen molar-refractivity contribution in [1.29, 1.82) is 0 Å². The van der Waals surface area contributed by atoms with E-state index in [2.05, 4.69) is 52.2 Å². The molecule has 2 heterocycles. The van der Waals surface area contributed by atoms with Gasteiger partial charge in [0.1, 0.15) is 12.2 Å². The van der Waals surface area contributed by atoms with Gasteiger partial charge in [-0.15, -0.1) is 0 Å². The van der Waals surface area contributed by atoms with Gasteiger partial charge in [-0.2, -0.15) is 0 Å². The monoisotopic (exact) mass is 568 g/mol. The number of nitrogens with one attached hydrogen (secondary N) is 2. The molecule has 0 spiro atoms. The maximum atomic E-state index is 11.9. The van der Waals surface area contributed by atoms with Crippen LogP contribution in [0.4, 0.5) is 0 Å². The minimum atomic E-state index is -0.0472. The van der Waals surface area contributed by atoms with Gasteiger partial charge in [0.2, 0.25) is 0 Å². The summed E-state index contributed by atoms with van der Waals surface area (Å²) in [7, 11) is 0. The summed E-state index contributed by atoms with van der Waals surface area (Å²) in [6.07, 6.45) is 16.0. The van der Waals surface area contributed by atoms with E-state index in [1.165, 1.54) is 25.7 Å². The van der Waals surface area contributed by atoms with Crippen molar-refractivity contribution in [3.63, 3.8) is 0 Å². The van der Waals surface area contributed by atoms with Gasteiger partial charge < -0.3 is 25.2 Å². The molecule has 7 heteroatoms. The maximum Gasteiger partial charge on any atom is 0.306 e. The smallest absolute Gasteiger partial charge is 0.306 e. The van der Waals surface area contributed by atoms with Gasteiger partial charge in [0, 0.05) is 31.5 Å². The lowest BCUT2D eigenvalue weighted by Gasteiger charge is -2.27. The van der Waals surface area contributed by atoms with E-state index in [0.717, 1.165) is 77.3 Å². The molecule has 0 aromatic heterocycles. The first-order valence-electron chi connectivity index (χ1n) is 16.5. The third-order valence-corrected chi connectivity index (χ3v) is 8.58. The third-order valence-electron chi connectivity index (χ3n) is 8.58. The largest absolute Gasteiger partial charge is 0.462 e. The zero-order valence-corrected chi connectivity index (χ0v) is 26.9. The van der Waals surface area contributed by atoms with Gasteiger partial charge in [0.15, 0.2) is 0 Å². The minimum absolute atomic E-state index is 0.0472. The van der Waals surface area contributed by atoms with Crippen LogP contribution in [-0.2, 0) is 19.1 Å². The van der Waals surface area contributed by atoms with Crippen LogP contribution in [-0.4, -0.2) is 61.0 Å². The number of hydrogen-bond donors (Lipinski definition) is 3. The number of carbonyl (C=O) groups is 2. The van der Waals surface area contributed by atoms with Crippen LogP contribution in [0.15, 0.2) is 0 Å². The van der Waals surface area contributed by atoms with Gasteiger partial charge in [0.25, 0.3) is 0 Å². The summed E-state index contributed by atoms with van der Waals surface area (Å²) in [4.78, 5) is 23.8. The van der Waals surface area contributed by atoms with Gasteiger partial charge in [-0.3, -0.25) is 9.59 Å². The molecule has 0 aromatic carbocycles. The van der Waals surface area contributed by atoms with Crippen LogP contribution >= 0.6 is 0 Å². The highest BCUT2D eigenvalue weighted by Gasteiger charge is 2.22. The Hall–Kier alpha value is -1.18. The second-order valence-electron chi connectivity index (χ2n) is 13.3. The molecular formula is C33H64N2O5. The summed E-state index contributed by atoms with van der Waals surface area (Å²) in [5.41, 5.74) is 0.495. The molecule has 2 saturated heterocycles. The van der Waals surface area contributed by atoms with E-state index in [0.29, 0.717) is 42.9 Å². The maximum absolute atomic E-state index is 11.9. The second-order valence-corrected chi connectivity index (χ2v) is 13.3. The standard InChI is InChI=1S/C22H40N2O4.C11H24O/c1-17-15-19(11-13-23-17)27-21(25)9-7-5-3-4-6-8-10-22(26)28-20-12-14-24-18(2)16-20;1-5-11(3,4)8-6-7-10(2)9-12/h17-20,23-24H,3-16H2,1-2H3;10,12H,5-9H2,1-4H3. The highest BCUT2D eigenvalue weighted by molar-refractivity contribution is 5.69. The Morgan fingerprint density at radius 3 is 1.68 bits per heavy atom. The van der Waals surface area contributed by atoms with E-state index in [1.54, 1.807) is 0 Å². The highest BCUT2D eigenvalue weighted by Crippen LogP contribution is 2.27. The fourth-order valence-corrected chi connectivity index (χ4v) is 5.32. The minimum Gasteiger partial charge on any atom is -0.462 e. The first kappa shape index (κ1) is 36.8. The van der Waals surface area contributed by atoms with E-state index in [4.69, 9.17) is 14.6 Å². The molecule has 236 valence electrons. The summed E-state index contributed by atoms with van der Waals surface area (Å²) in [6.45, 7) is 15.5. The number of hydrogen-bond acceptors (Lipinski definition) is 7. The number of carbonyl (C=O) groups excluding carboxylic acids is 2. The molecule has 5 atom stereocenters. The van der Waals surface area contributed by atoms with Crippen LogP contribution in [0.2, 0.25) is 0 Å². The normalized spacial score (nSPS) is 24.0. The molecule has 2 aliphatic heterocycles. The van der Waals surface area contributed by atoms with Crippen LogP contribution in [0.3, 0.4) is 0 Å². The van der Waals surface area contributed by atoms with E-state index in [1.807, 2.05) is 0 Å². The third kappa shape index (κ3) is 19.0. The van der Waals surface area contributed by atoms with Crippen molar-refractivity contribution >= 4 is 11.9 Å². The Morgan fingerprint density at radius 2 is 1.27 bits per heavy atom. The van der Waals surface area contributed by atoms with Crippen LogP contribution in [0.1, 0.15) is 144 Å². The van der Waals surface area contributed by atoms with Crippen molar-refractivity contribution in [2.24, 2.45) is 11.3 Å². The number of ether oxygens (including phenoxy) is 2. The lowest BCUT2D eigenvalue weighted by molar-refractivity contribution is -0.151. The van der Waals surface area contributed by atoms with E-state index in [9.17, 15) is 9.59 Å². The molecule has 0 aliphatic carbocycles. The zero-order valence-electron chi connectivity index (χ0n) is 26.9. The average Bonchev–Trinajstić information content (AvgIpc) is 2.90. The average molecular weight is 569 g/mol. The molecule has 0 aromatic rings. The van der Waals surface area contributed by atoms with Crippen LogP contribution in [0.25, 0.3) is 0 Å². The summed E-state index contributed by atoms with van der Waals surface area (Å²) < 4.78 is 11.1. The van der Waals surface area contributed by atoms with Crippen molar-refractivity contribution in [2.45, 2.75) is 169 Å². The van der Waals surface area contributed by atoms with Crippen LogP contribution in [0.5, 0.6) is 0 Å². The predicted molar refractivity (Wildman–Crippen MR) is 164 cm³/mol. The second kappa shape index (κ2) is 21.5. The molecule has 2 fully saturated rings. The molecule has 5 unspecified atom stereocenters. The van der Waals surface area contributed by atoms with E-state index >= 15 is 0 Å². The highest BCUT2D eigenvalue weighted by atomic mass is 16.5. The molecule has 3 N–H and O–H groups in total. The Kier molecular flexibility index (Phi) is 19.8. The van der Waals surface area contributed by atoms with Gasteiger partial charge in [-0.05, 0) is 89.6 Å². The zero-order chi connectivity index (χ0) is 29.8. The molecule has 0 radical (unpaired) electrons. The lowest BCUT2D eigenvalue weighted by Crippen LogP contribution is -2.40. The van der Waals surface area contributed by atoms with Crippen molar-refractivity contribution < 1.29 is 24.2 Å². The number of rotatable bonds is 17. The van der Waals surface area contributed by atoms with Crippen LogP contribution < -0.4 is 10.6 Å². The molecule has 2 rings (SSSR count). The Labute approximate surface area is 246 Å². The van der Waals surface area contributed by atoms with Gasteiger partial charge >= 0.3 is 11.9 Å². The summed E-state index contributed by atoms with van der Waals surface area (Å²) in [6, 6.07) is 0.874. The van der Waals surface area contributed by atoms with Gasteiger partial charge in [0.05, 0.1) is 0 Å². The Morgan fingerprint density at radius 1 is 0.825 bits per heavy atom. The molecular weight excluding hydrogens is 504 g/mol. The molecule has 0 amide bonds. The lowest BCUT2D eigenvalue weighted by atomic mass is 9.84. The van der Waals surface area contributed by atoms with Gasteiger partial charge in [-0.1, -0.05) is 66.2 Å². The SMILES string of the molecule is CC1CC(OC(=O)CCCCCCCCC(=O)OC2CCNC(C)C2)CCN1.CCC(C)(C)CCCC(C)CO. The van der Waals surface area contributed by atoms with Crippen molar-refractivity contribution in [3.05, 3.63) is 0 Å². The van der Waals surface area contributed by atoms with E-state index in [-0.39, 0.29) is 24.1 Å². The van der Waals surface area contributed by atoms with Crippen molar-refractivity contribution in [3.8, 4) is 0 Å². The fourth-order valence-electron chi connectivity index (χ4n) is 5.32. The van der Waals surface area contributed by atoms with Crippen molar-refractivity contribution in [1.82, 2.24) is 10.6 Å². The molecule has 0 bridgehead atoms. The topological polar surface area (TPSA) is 96.9 Å². The predicted octanol–water partition coefficient (Wildman–Crippen LogP) is 6.70. The van der Waals surface area contributed by atoms with Crippen LogP contribution in [0, 0.1) is 11.3 Å². The molecule has 40 heavy (non-hydrogen) atoms. The first-order valence-corrected chi connectivity index (χ1v) is 16.5. The number of aliphatic hydroxyl groups is 1. The van der Waals surface area contributed by atoms with Gasteiger partial charge in [-0.25, -0.2) is 0 Å². The molecule has 2 aliphatic rings. The summed E-state index contributed by atoms with van der Waals surface area (Å²) in [5, 5.41) is 15.6. The first-order chi connectivity index (χ1) is 19.0. The number of aliphatic hydroxyl groups excluding tert-OH is 1. The number of esters is 2. The Balaban J connectivity index is 0.000000562. The fraction of sp³-hybridized carbons (Fsp3) is 0.939. The Bertz CT molecular complexity index is 629.